The van der Waals surface area contributed by atoms with Crippen LogP contribution in [0.4, 0.5) is 0 Å². The molecule has 1 fully saturated rings. The zero-order valence-corrected chi connectivity index (χ0v) is 10.0. The van der Waals surface area contributed by atoms with Crippen LogP contribution in [0.5, 0.6) is 0 Å². The summed E-state index contributed by atoms with van der Waals surface area (Å²) in [5.41, 5.74) is 0.331. The van der Waals surface area contributed by atoms with Crippen LogP contribution in [0.25, 0.3) is 0 Å². The molecule has 0 bridgehead atoms. The van der Waals surface area contributed by atoms with Gasteiger partial charge in [-0.25, -0.2) is 0 Å². The lowest BCUT2D eigenvalue weighted by Crippen LogP contribution is -2.35. The molecular weight excluding hydrogens is 249 g/mol. The lowest BCUT2D eigenvalue weighted by atomic mass is 10.2. The minimum absolute atomic E-state index is 0.0554. The number of rotatable bonds is 2. The van der Waals surface area contributed by atoms with Crippen molar-refractivity contribution >= 4 is 29.1 Å². The average Bonchev–Trinajstić information content (AvgIpc) is 2.70. The maximum absolute atomic E-state index is 11.9. The molecule has 1 heterocycles. The van der Waals surface area contributed by atoms with E-state index in [1.165, 1.54) is 0 Å². The van der Waals surface area contributed by atoms with E-state index >= 15 is 0 Å². The predicted molar refractivity (Wildman–Crippen MR) is 63.2 cm³/mol. The van der Waals surface area contributed by atoms with E-state index in [1.807, 2.05) is 0 Å². The molecular formula is C11H11Cl2NO2. The normalized spacial score (nSPS) is 19.8. The van der Waals surface area contributed by atoms with Gasteiger partial charge in [-0.15, -0.1) is 0 Å². The molecule has 0 aliphatic carbocycles. The van der Waals surface area contributed by atoms with E-state index in [0.717, 1.165) is 6.42 Å². The lowest BCUT2D eigenvalue weighted by Gasteiger charge is -2.12. The summed E-state index contributed by atoms with van der Waals surface area (Å²) in [4.78, 5) is 11.9. The number of nitrogens with one attached hydrogen (secondary N) is 1. The molecule has 16 heavy (non-hydrogen) atoms. The number of hydrogen-bond donors (Lipinski definition) is 1. The van der Waals surface area contributed by atoms with Crippen molar-refractivity contribution in [2.24, 2.45) is 0 Å². The quantitative estimate of drug-likeness (QED) is 0.887. The van der Waals surface area contributed by atoms with Gasteiger partial charge in [0.1, 0.15) is 0 Å². The largest absolute Gasteiger partial charge is 0.379 e. The fourth-order valence-corrected chi connectivity index (χ4v) is 2.19. The summed E-state index contributed by atoms with van der Waals surface area (Å²) in [6.07, 6.45) is 0.827. The molecule has 1 aliphatic rings. The molecule has 0 unspecified atom stereocenters. The molecule has 1 amide bonds. The van der Waals surface area contributed by atoms with Gasteiger partial charge in [0.2, 0.25) is 0 Å². The second-order valence-corrected chi connectivity index (χ2v) is 4.45. The summed E-state index contributed by atoms with van der Waals surface area (Å²) in [6, 6.07) is 5.06. The van der Waals surface area contributed by atoms with Crippen LogP contribution >= 0.6 is 23.2 Å². The SMILES string of the molecule is O=C(N[C@@H]1CCOC1)c1c(Cl)cccc1Cl. The van der Waals surface area contributed by atoms with Crippen LogP contribution < -0.4 is 5.32 Å². The van der Waals surface area contributed by atoms with Gasteiger partial charge < -0.3 is 10.1 Å². The Morgan fingerprint density at radius 1 is 1.38 bits per heavy atom. The molecule has 1 aromatic rings. The highest BCUT2D eigenvalue weighted by atomic mass is 35.5. The van der Waals surface area contributed by atoms with E-state index < -0.39 is 0 Å². The van der Waals surface area contributed by atoms with Crippen LogP contribution in [0.3, 0.4) is 0 Å². The summed E-state index contributed by atoms with van der Waals surface area (Å²) >= 11 is 11.9. The zero-order chi connectivity index (χ0) is 11.5. The molecule has 1 aromatic carbocycles. The Morgan fingerprint density at radius 2 is 2.06 bits per heavy atom. The van der Waals surface area contributed by atoms with Crippen molar-refractivity contribution in [1.29, 1.82) is 0 Å². The van der Waals surface area contributed by atoms with Crippen molar-refractivity contribution in [3.63, 3.8) is 0 Å². The molecule has 5 heteroatoms. The molecule has 0 saturated carbocycles. The second kappa shape index (κ2) is 5.04. The highest BCUT2D eigenvalue weighted by Crippen LogP contribution is 2.24. The van der Waals surface area contributed by atoms with Gasteiger partial charge >= 0.3 is 0 Å². The first-order valence-electron chi connectivity index (χ1n) is 5.01. The number of benzene rings is 1. The second-order valence-electron chi connectivity index (χ2n) is 3.63. The minimum atomic E-state index is -0.244. The molecule has 0 spiro atoms. The van der Waals surface area contributed by atoms with Crippen molar-refractivity contribution in [3.05, 3.63) is 33.8 Å². The monoisotopic (exact) mass is 259 g/mol. The summed E-state index contributed by atoms with van der Waals surface area (Å²) in [5.74, 6) is -0.244. The number of carbonyl (C=O) groups is 1. The number of hydrogen-bond acceptors (Lipinski definition) is 2. The smallest absolute Gasteiger partial charge is 0.254 e. The van der Waals surface area contributed by atoms with E-state index in [0.29, 0.717) is 28.8 Å². The molecule has 0 aromatic heterocycles. The number of carbonyl (C=O) groups excluding carboxylic acids is 1. The van der Waals surface area contributed by atoms with Crippen LogP contribution in [0.15, 0.2) is 18.2 Å². The summed E-state index contributed by atoms with van der Waals surface area (Å²) in [5, 5.41) is 3.57. The minimum Gasteiger partial charge on any atom is -0.379 e. The highest BCUT2D eigenvalue weighted by Gasteiger charge is 2.21. The van der Waals surface area contributed by atoms with Crippen LogP contribution in [-0.4, -0.2) is 25.2 Å². The summed E-state index contributed by atoms with van der Waals surface area (Å²) < 4.78 is 5.17. The van der Waals surface area contributed by atoms with E-state index in [4.69, 9.17) is 27.9 Å². The molecule has 86 valence electrons. The first kappa shape index (κ1) is 11.7. The van der Waals surface area contributed by atoms with Crippen LogP contribution in [0, 0.1) is 0 Å². The Bertz CT molecular complexity index is 383. The van der Waals surface area contributed by atoms with Gasteiger partial charge in [-0.3, -0.25) is 4.79 Å². The maximum atomic E-state index is 11.9. The van der Waals surface area contributed by atoms with Crippen molar-refractivity contribution < 1.29 is 9.53 Å². The molecule has 1 N–H and O–H groups in total. The van der Waals surface area contributed by atoms with E-state index in [-0.39, 0.29) is 11.9 Å². The Morgan fingerprint density at radius 3 is 2.62 bits per heavy atom. The third-order valence-electron chi connectivity index (χ3n) is 2.45. The van der Waals surface area contributed by atoms with E-state index in [1.54, 1.807) is 18.2 Å². The fourth-order valence-electron chi connectivity index (χ4n) is 1.62. The van der Waals surface area contributed by atoms with Gasteiger partial charge in [0, 0.05) is 6.61 Å². The van der Waals surface area contributed by atoms with Gasteiger partial charge in [-0.2, -0.15) is 0 Å². The molecule has 2 rings (SSSR count). The first-order chi connectivity index (χ1) is 7.68. The third kappa shape index (κ3) is 2.48. The topological polar surface area (TPSA) is 38.3 Å². The van der Waals surface area contributed by atoms with Gasteiger partial charge in [0.15, 0.2) is 0 Å². The number of amides is 1. The summed E-state index contributed by atoms with van der Waals surface area (Å²) in [6.45, 7) is 1.23. The average molecular weight is 260 g/mol. The van der Waals surface area contributed by atoms with Crippen LogP contribution in [-0.2, 0) is 4.74 Å². The fraction of sp³-hybridized carbons (Fsp3) is 0.364. The lowest BCUT2D eigenvalue weighted by molar-refractivity contribution is 0.0930. The maximum Gasteiger partial charge on any atom is 0.254 e. The summed E-state index contributed by atoms with van der Waals surface area (Å²) in [7, 11) is 0. The molecule has 3 nitrogen and oxygen atoms in total. The standard InChI is InChI=1S/C11H11Cl2NO2/c12-8-2-1-3-9(13)10(8)11(15)14-7-4-5-16-6-7/h1-3,7H,4-6H2,(H,14,15)/t7-/m1/s1. The van der Waals surface area contributed by atoms with Crippen LogP contribution in [0.1, 0.15) is 16.8 Å². The van der Waals surface area contributed by atoms with Gasteiger partial charge in [-0.05, 0) is 18.6 Å². The zero-order valence-electron chi connectivity index (χ0n) is 8.50. The highest BCUT2D eigenvalue weighted by molar-refractivity contribution is 6.39. The van der Waals surface area contributed by atoms with Gasteiger partial charge in [0.25, 0.3) is 5.91 Å². The Labute approximate surface area is 104 Å². The Balaban J connectivity index is 2.13. The molecule has 1 aliphatic heterocycles. The van der Waals surface area contributed by atoms with Crippen molar-refractivity contribution in [2.45, 2.75) is 12.5 Å². The molecule has 1 saturated heterocycles. The van der Waals surface area contributed by atoms with Crippen molar-refractivity contribution in [2.75, 3.05) is 13.2 Å². The first-order valence-corrected chi connectivity index (χ1v) is 5.76. The molecule has 0 radical (unpaired) electrons. The van der Waals surface area contributed by atoms with Gasteiger partial charge in [-0.1, -0.05) is 29.3 Å². The van der Waals surface area contributed by atoms with Crippen LogP contribution in [0.2, 0.25) is 10.0 Å². The third-order valence-corrected chi connectivity index (χ3v) is 3.08. The van der Waals surface area contributed by atoms with Gasteiger partial charge in [0.05, 0.1) is 28.3 Å². The molecule has 1 atom stereocenters. The Kier molecular flexibility index (Phi) is 3.69. The van der Waals surface area contributed by atoms with E-state index in [2.05, 4.69) is 5.32 Å². The predicted octanol–water partition coefficient (Wildman–Crippen LogP) is 2.51. The Hall–Kier alpha value is -0.770. The number of halogens is 2. The van der Waals surface area contributed by atoms with E-state index in [9.17, 15) is 4.79 Å². The number of ether oxygens (including phenoxy) is 1. The van der Waals surface area contributed by atoms with Crippen molar-refractivity contribution in [3.8, 4) is 0 Å². The van der Waals surface area contributed by atoms with Crippen molar-refractivity contribution in [1.82, 2.24) is 5.32 Å².